The molecule has 1 saturated carbocycles. The Balaban J connectivity index is 1.80. The van der Waals surface area contributed by atoms with Crippen LogP contribution in [-0.4, -0.2) is 53.3 Å². The maximum Gasteiger partial charge on any atom is 0.319 e. The molecule has 4 bridgehead atoms. The van der Waals surface area contributed by atoms with E-state index in [0.29, 0.717) is 5.92 Å². The zero-order valence-corrected chi connectivity index (χ0v) is 15.4. The van der Waals surface area contributed by atoms with Gasteiger partial charge in [-0.1, -0.05) is 18.2 Å². The number of carbonyl (C=O) groups excluding carboxylic acids is 1. The van der Waals surface area contributed by atoms with Gasteiger partial charge in [-0.3, -0.25) is 9.69 Å². The van der Waals surface area contributed by atoms with Crippen LogP contribution in [0.25, 0.3) is 10.9 Å². The van der Waals surface area contributed by atoms with Crippen molar-refractivity contribution in [1.82, 2.24) is 9.88 Å². The molecule has 3 aliphatic heterocycles. The van der Waals surface area contributed by atoms with Gasteiger partial charge in [0.15, 0.2) is 0 Å². The topological polar surface area (TPSA) is 65.6 Å². The van der Waals surface area contributed by atoms with Crippen molar-refractivity contribution in [3.63, 3.8) is 0 Å². The second kappa shape index (κ2) is 5.57. The van der Waals surface area contributed by atoms with Crippen molar-refractivity contribution in [3.8, 4) is 0 Å². The number of aromatic nitrogens is 1. The van der Waals surface area contributed by atoms with Crippen LogP contribution in [0.15, 0.2) is 24.3 Å². The van der Waals surface area contributed by atoms with Crippen LogP contribution >= 0.6 is 0 Å². The first-order valence-corrected chi connectivity index (χ1v) is 9.67. The average Bonchev–Trinajstić information content (AvgIpc) is 3.00. The van der Waals surface area contributed by atoms with Gasteiger partial charge in [0.2, 0.25) is 0 Å². The minimum atomic E-state index is -0.706. The summed E-state index contributed by atoms with van der Waals surface area (Å²) in [6, 6.07) is 8.31. The lowest BCUT2D eigenvalue weighted by molar-refractivity contribution is -0.166. The summed E-state index contributed by atoms with van der Waals surface area (Å²) in [4.78, 5) is 19.4. The predicted molar refractivity (Wildman–Crippen MR) is 99.0 cm³/mol. The molecule has 0 radical (unpaired) electrons. The molecule has 4 aliphatic rings. The molecule has 1 aliphatic carbocycles. The van der Waals surface area contributed by atoms with Gasteiger partial charge in [-0.05, 0) is 43.7 Å². The standard InChI is InChI=1S/C21H26N2O3/c1-12(24)16-9-13-10-21(20(25)26-2)18-15(7-8-23(11-13)19(16)21)14-5-3-4-6-17(14)22-18/h3-6,12-13,16,19,22,24H,7-11H2,1-2H3/t12-,13-,16+,19-,21+/m0/s1. The number of piperidine rings is 2. The van der Waals surface area contributed by atoms with Crippen LogP contribution in [0.1, 0.15) is 31.0 Å². The third kappa shape index (κ3) is 1.96. The predicted octanol–water partition coefficient (Wildman–Crippen LogP) is 2.23. The quantitative estimate of drug-likeness (QED) is 0.812. The number of para-hydroxylation sites is 1. The summed E-state index contributed by atoms with van der Waals surface area (Å²) in [5.74, 6) is 0.354. The van der Waals surface area contributed by atoms with E-state index in [9.17, 15) is 9.90 Å². The number of methoxy groups -OCH3 is 1. The van der Waals surface area contributed by atoms with Crippen LogP contribution in [0.5, 0.6) is 0 Å². The van der Waals surface area contributed by atoms with E-state index in [1.165, 1.54) is 18.1 Å². The number of hydrogen-bond donors (Lipinski definition) is 2. The van der Waals surface area contributed by atoms with Crippen LogP contribution < -0.4 is 0 Å². The highest BCUT2D eigenvalue weighted by Crippen LogP contribution is 2.55. The van der Waals surface area contributed by atoms with Gasteiger partial charge in [0.1, 0.15) is 5.41 Å². The molecule has 5 nitrogen and oxygen atoms in total. The van der Waals surface area contributed by atoms with E-state index in [1.807, 2.05) is 13.0 Å². The fraction of sp³-hybridized carbons (Fsp3) is 0.571. The lowest BCUT2D eigenvalue weighted by atomic mass is 9.56. The number of aliphatic hydroxyl groups is 1. The molecule has 3 fully saturated rings. The highest BCUT2D eigenvalue weighted by atomic mass is 16.5. The van der Waals surface area contributed by atoms with E-state index >= 15 is 0 Å². The average molecular weight is 354 g/mol. The van der Waals surface area contributed by atoms with Crippen molar-refractivity contribution in [2.75, 3.05) is 20.2 Å². The smallest absolute Gasteiger partial charge is 0.319 e. The molecule has 6 atom stereocenters. The van der Waals surface area contributed by atoms with Gasteiger partial charge in [-0.2, -0.15) is 0 Å². The molecule has 138 valence electrons. The molecule has 1 unspecified atom stereocenters. The second-order valence-corrected chi connectivity index (χ2v) is 8.39. The number of carbonyl (C=O) groups is 1. The highest BCUT2D eigenvalue weighted by Gasteiger charge is 2.63. The van der Waals surface area contributed by atoms with Gasteiger partial charge in [0.25, 0.3) is 0 Å². The van der Waals surface area contributed by atoms with Crippen molar-refractivity contribution in [2.45, 2.75) is 43.7 Å². The summed E-state index contributed by atoms with van der Waals surface area (Å²) in [5, 5.41) is 11.7. The van der Waals surface area contributed by atoms with Gasteiger partial charge in [-0.25, -0.2) is 0 Å². The number of H-pyrrole nitrogens is 1. The van der Waals surface area contributed by atoms with Crippen molar-refractivity contribution in [2.24, 2.45) is 11.8 Å². The van der Waals surface area contributed by atoms with Crippen LogP contribution in [0, 0.1) is 11.8 Å². The van der Waals surface area contributed by atoms with E-state index in [-0.39, 0.29) is 17.9 Å². The van der Waals surface area contributed by atoms with Crippen LogP contribution in [0.4, 0.5) is 0 Å². The lowest BCUT2D eigenvalue weighted by Gasteiger charge is -2.58. The van der Waals surface area contributed by atoms with E-state index in [1.54, 1.807) is 0 Å². The molecule has 0 spiro atoms. The summed E-state index contributed by atoms with van der Waals surface area (Å²) in [6.45, 7) is 3.82. The molecular formula is C21H26N2O3. The van der Waals surface area contributed by atoms with E-state index in [0.717, 1.165) is 43.6 Å². The Kier molecular flexibility index (Phi) is 3.50. The molecule has 1 aromatic carbocycles. The molecule has 0 amide bonds. The molecule has 2 N–H and O–H groups in total. The first kappa shape index (κ1) is 16.3. The summed E-state index contributed by atoms with van der Waals surface area (Å²) in [5.41, 5.74) is 2.67. The number of aliphatic hydroxyl groups excluding tert-OH is 1. The summed E-state index contributed by atoms with van der Waals surface area (Å²) < 4.78 is 5.39. The van der Waals surface area contributed by atoms with Gasteiger partial charge in [-0.15, -0.1) is 0 Å². The lowest BCUT2D eigenvalue weighted by Crippen LogP contribution is -2.68. The molecule has 26 heavy (non-hydrogen) atoms. The van der Waals surface area contributed by atoms with Crippen LogP contribution in [-0.2, 0) is 21.4 Å². The van der Waals surface area contributed by atoms with E-state index < -0.39 is 11.5 Å². The number of rotatable bonds is 2. The van der Waals surface area contributed by atoms with E-state index in [4.69, 9.17) is 4.74 Å². The second-order valence-electron chi connectivity index (χ2n) is 8.39. The molecule has 4 heterocycles. The Hall–Kier alpha value is -1.85. The maximum absolute atomic E-state index is 13.3. The largest absolute Gasteiger partial charge is 0.468 e. The number of ether oxygens (including phenoxy) is 1. The number of benzene rings is 1. The minimum Gasteiger partial charge on any atom is -0.468 e. The fourth-order valence-corrected chi connectivity index (χ4v) is 6.23. The number of nitrogens with one attached hydrogen (secondary N) is 1. The molecule has 6 rings (SSSR count). The van der Waals surface area contributed by atoms with Gasteiger partial charge in [0.05, 0.1) is 13.2 Å². The number of aromatic amines is 1. The van der Waals surface area contributed by atoms with E-state index in [2.05, 4.69) is 28.1 Å². The van der Waals surface area contributed by atoms with Gasteiger partial charge >= 0.3 is 5.97 Å². The van der Waals surface area contributed by atoms with Crippen molar-refractivity contribution < 1.29 is 14.6 Å². The number of fused-ring (bicyclic) bond motifs is 4. The molecule has 2 saturated heterocycles. The first-order chi connectivity index (χ1) is 12.6. The Bertz CT molecular complexity index is 873. The Morgan fingerprint density at radius 2 is 2.23 bits per heavy atom. The summed E-state index contributed by atoms with van der Waals surface area (Å²) in [6.07, 6.45) is 2.30. The van der Waals surface area contributed by atoms with Crippen molar-refractivity contribution in [1.29, 1.82) is 0 Å². The van der Waals surface area contributed by atoms with Gasteiger partial charge in [0, 0.05) is 41.6 Å². The number of hydrogen-bond acceptors (Lipinski definition) is 4. The monoisotopic (exact) mass is 354 g/mol. The fourth-order valence-electron chi connectivity index (χ4n) is 6.23. The molecule has 5 heteroatoms. The minimum absolute atomic E-state index is 0.00531. The van der Waals surface area contributed by atoms with Gasteiger partial charge < -0.3 is 14.8 Å². The highest BCUT2D eigenvalue weighted by molar-refractivity contribution is 5.91. The summed E-state index contributed by atoms with van der Waals surface area (Å²) >= 11 is 0. The molecular weight excluding hydrogens is 328 g/mol. The van der Waals surface area contributed by atoms with Crippen molar-refractivity contribution in [3.05, 3.63) is 35.5 Å². The zero-order valence-electron chi connectivity index (χ0n) is 15.4. The Labute approximate surface area is 153 Å². The zero-order chi connectivity index (χ0) is 18.1. The SMILES string of the molecule is COC(=O)[C@@]12C[C@@H]3C[C@H]([C@H](C)O)[C@@H]1N(CCc1c2[nH]c2ccccc12)C3. The van der Waals surface area contributed by atoms with Crippen LogP contribution in [0.3, 0.4) is 0 Å². The summed E-state index contributed by atoms with van der Waals surface area (Å²) in [7, 11) is 1.49. The third-order valence-electron chi connectivity index (χ3n) is 7.09. The Morgan fingerprint density at radius 1 is 1.42 bits per heavy atom. The van der Waals surface area contributed by atoms with Crippen LogP contribution in [0.2, 0.25) is 0 Å². The number of nitrogens with zero attached hydrogens (tertiary/aromatic N) is 1. The third-order valence-corrected chi connectivity index (χ3v) is 7.09. The normalized spacial score (nSPS) is 36.4. The maximum atomic E-state index is 13.3. The Morgan fingerprint density at radius 3 is 3.00 bits per heavy atom. The van der Waals surface area contributed by atoms with Crippen molar-refractivity contribution >= 4 is 16.9 Å². The molecule has 2 aromatic rings. The molecule has 1 aromatic heterocycles. The number of esters is 1. The first-order valence-electron chi connectivity index (χ1n) is 9.67.